The van der Waals surface area contributed by atoms with Crippen molar-refractivity contribution < 1.29 is 9.53 Å². The van der Waals surface area contributed by atoms with Gasteiger partial charge in [0.2, 0.25) is 0 Å². The van der Waals surface area contributed by atoms with Gasteiger partial charge in [0.05, 0.1) is 12.2 Å². The highest BCUT2D eigenvalue weighted by Gasteiger charge is 2.56. The molecule has 0 radical (unpaired) electrons. The molecule has 0 bridgehead atoms. The Labute approximate surface area is 182 Å². The number of fused-ring (bicyclic) bond motifs is 3. The topological polar surface area (TPSA) is 63.5 Å². The lowest BCUT2D eigenvalue weighted by atomic mass is 9.57. The number of aromatic nitrogens is 3. The van der Waals surface area contributed by atoms with Crippen molar-refractivity contribution in [3.63, 3.8) is 0 Å². The Hall–Kier alpha value is -2.12. The molecular formula is C22H28ClN5O2. The number of amides is 1. The van der Waals surface area contributed by atoms with E-state index in [1.54, 1.807) is 0 Å². The molecule has 0 atom stereocenters. The molecule has 2 aliphatic heterocycles. The number of carbonyl (C=O) groups excluding carboxylic acids is 1. The smallest absolute Gasteiger partial charge is 0.410 e. The van der Waals surface area contributed by atoms with Gasteiger partial charge in [-0.2, -0.15) is 0 Å². The first kappa shape index (κ1) is 19.8. The van der Waals surface area contributed by atoms with Gasteiger partial charge in [-0.25, -0.2) is 4.79 Å². The monoisotopic (exact) mass is 429 g/mol. The number of halogens is 1. The van der Waals surface area contributed by atoms with Crippen molar-refractivity contribution in [2.75, 3.05) is 20.1 Å². The number of rotatable bonds is 1. The van der Waals surface area contributed by atoms with E-state index in [1.807, 2.05) is 37.8 Å². The van der Waals surface area contributed by atoms with E-state index in [9.17, 15) is 4.79 Å². The van der Waals surface area contributed by atoms with E-state index in [0.29, 0.717) is 5.92 Å². The van der Waals surface area contributed by atoms with Crippen LogP contribution < -0.4 is 0 Å². The molecule has 1 aromatic heterocycles. The number of hydrogen-bond donors (Lipinski definition) is 0. The average Bonchev–Trinajstić information content (AvgIpc) is 2.88. The molecule has 1 spiro atoms. The maximum atomic E-state index is 12.3. The molecule has 1 saturated carbocycles. The van der Waals surface area contributed by atoms with Crippen LogP contribution in [0.1, 0.15) is 56.7 Å². The minimum Gasteiger partial charge on any atom is -0.444 e. The second-order valence-electron chi connectivity index (χ2n) is 10.2. The lowest BCUT2D eigenvalue weighted by molar-refractivity contribution is -0.0800. The molecule has 30 heavy (non-hydrogen) atoms. The molecule has 3 heterocycles. The number of ether oxygens (including phenoxy) is 1. The highest BCUT2D eigenvalue weighted by molar-refractivity contribution is 6.30. The number of hydrogen-bond acceptors (Lipinski definition) is 5. The van der Waals surface area contributed by atoms with E-state index >= 15 is 0 Å². The van der Waals surface area contributed by atoms with Gasteiger partial charge in [0.25, 0.3) is 0 Å². The van der Waals surface area contributed by atoms with Crippen molar-refractivity contribution >= 4 is 17.7 Å². The fraction of sp³-hybridized carbons (Fsp3) is 0.591. The number of nitrogens with zero attached hydrogens (tertiary/aromatic N) is 5. The Morgan fingerprint density at radius 2 is 1.93 bits per heavy atom. The van der Waals surface area contributed by atoms with E-state index in [0.717, 1.165) is 61.4 Å². The molecule has 5 rings (SSSR count). The molecule has 2 aromatic rings. The van der Waals surface area contributed by atoms with Crippen LogP contribution in [-0.2, 0) is 17.8 Å². The molecule has 3 aliphatic rings. The van der Waals surface area contributed by atoms with Gasteiger partial charge >= 0.3 is 6.09 Å². The molecule has 1 aliphatic carbocycles. The molecule has 0 unspecified atom stereocenters. The first-order chi connectivity index (χ1) is 14.1. The van der Waals surface area contributed by atoms with Crippen LogP contribution in [-0.4, -0.2) is 56.4 Å². The summed E-state index contributed by atoms with van der Waals surface area (Å²) in [5, 5.41) is 9.86. The molecule has 1 aromatic carbocycles. The Morgan fingerprint density at radius 3 is 2.63 bits per heavy atom. The number of likely N-dealkylation sites (tertiary alicyclic amines) is 1. The molecule has 2 fully saturated rings. The minimum absolute atomic E-state index is 0.207. The summed E-state index contributed by atoms with van der Waals surface area (Å²) in [7, 11) is 2.09. The minimum atomic E-state index is -0.454. The average molecular weight is 430 g/mol. The second-order valence-corrected chi connectivity index (χ2v) is 10.6. The molecule has 1 saturated heterocycles. The van der Waals surface area contributed by atoms with E-state index < -0.39 is 5.60 Å². The second kappa shape index (κ2) is 6.69. The van der Waals surface area contributed by atoms with Crippen molar-refractivity contribution in [1.29, 1.82) is 0 Å². The van der Waals surface area contributed by atoms with Crippen LogP contribution >= 0.6 is 11.6 Å². The Balaban J connectivity index is 1.33. The third kappa shape index (κ3) is 3.38. The van der Waals surface area contributed by atoms with Gasteiger partial charge < -0.3 is 9.64 Å². The number of benzene rings is 1. The van der Waals surface area contributed by atoms with E-state index in [2.05, 4.69) is 32.8 Å². The summed E-state index contributed by atoms with van der Waals surface area (Å²) in [4.78, 5) is 16.3. The Kier molecular flexibility index (Phi) is 4.42. The van der Waals surface area contributed by atoms with Crippen LogP contribution in [0.15, 0.2) is 18.2 Å². The summed E-state index contributed by atoms with van der Waals surface area (Å²) >= 11 is 6.26. The van der Waals surface area contributed by atoms with Crippen LogP contribution in [0.5, 0.6) is 0 Å². The predicted molar refractivity (Wildman–Crippen MR) is 114 cm³/mol. The number of carbonyl (C=O) groups is 1. The van der Waals surface area contributed by atoms with Crippen LogP contribution in [0.25, 0.3) is 5.69 Å². The summed E-state index contributed by atoms with van der Waals surface area (Å²) < 4.78 is 7.73. The fourth-order valence-electron chi connectivity index (χ4n) is 5.09. The first-order valence-corrected chi connectivity index (χ1v) is 10.9. The zero-order chi connectivity index (χ0) is 21.3. The predicted octanol–water partition coefficient (Wildman–Crippen LogP) is 3.98. The largest absolute Gasteiger partial charge is 0.444 e. The third-order valence-corrected chi connectivity index (χ3v) is 6.55. The summed E-state index contributed by atoms with van der Waals surface area (Å²) in [5.41, 5.74) is 2.07. The maximum Gasteiger partial charge on any atom is 0.410 e. The van der Waals surface area contributed by atoms with Gasteiger partial charge in [-0.3, -0.25) is 9.47 Å². The lowest BCUT2D eigenvalue weighted by Crippen LogP contribution is -2.63. The SMILES string of the molecule is CN1Cc2cc(Cl)ccc2-n2c(nnc2C2CC3(C2)CN(C(=O)OC(C)(C)C)C3)C1. The standard InChI is InChI=1S/C22H28ClN5O2/c1-21(2,3)30-20(29)27-12-22(13-27)8-15(9-22)19-25-24-18-11-26(4)10-14-7-16(23)5-6-17(14)28(18)19/h5-7,15H,8-13H2,1-4H3. The molecular weight excluding hydrogens is 402 g/mol. The van der Waals surface area contributed by atoms with Crippen LogP contribution in [0, 0.1) is 5.41 Å². The van der Waals surface area contributed by atoms with Gasteiger partial charge in [-0.1, -0.05) is 11.6 Å². The summed E-state index contributed by atoms with van der Waals surface area (Å²) in [5.74, 6) is 2.36. The van der Waals surface area contributed by atoms with Crippen LogP contribution in [0.3, 0.4) is 0 Å². The summed E-state index contributed by atoms with van der Waals surface area (Å²) in [6.07, 6.45) is 1.86. The Morgan fingerprint density at radius 1 is 1.20 bits per heavy atom. The Bertz CT molecular complexity index is 997. The molecule has 1 amide bonds. The van der Waals surface area contributed by atoms with Crippen molar-refractivity contribution in [2.24, 2.45) is 5.41 Å². The maximum absolute atomic E-state index is 12.3. The first-order valence-electron chi connectivity index (χ1n) is 10.5. The summed E-state index contributed by atoms with van der Waals surface area (Å²) in [6, 6.07) is 6.06. The third-order valence-electron chi connectivity index (χ3n) is 6.32. The van der Waals surface area contributed by atoms with Crippen LogP contribution in [0.4, 0.5) is 4.79 Å². The van der Waals surface area contributed by atoms with Gasteiger partial charge in [0, 0.05) is 36.0 Å². The quantitative estimate of drug-likeness (QED) is 0.686. The zero-order valence-corrected chi connectivity index (χ0v) is 18.7. The van der Waals surface area contributed by atoms with Crippen LogP contribution in [0.2, 0.25) is 5.02 Å². The fourth-order valence-corrected chi connectivity index (χ4v) is 5.29. The van der Waals surface area contributed by atoms with Crippen molar-refractivity contribution in [1.82, 2.24) is 24.6 Å². The van der Waals surface area contributed by atoms with Gasteiger partial charge in [-0.15, -0.1) is 10.2 Å². The van der Waals surface area contributed by atoms with Crippen molar-refractivity contribution in [3.8, 4) is 5.69 Å². The molecule has 0 N–H and O–H groups in total. The van der Waals surface area contributed by atoms with Gasteiger partial charge in [0.1, 0.15) is 11.4 Å². The molecule has 8 heteroatoms. The highest BCUT2D eigenvalue weighted by atomic mass is 35.5. The lowest BCUT2D eigenvalue weighted by Gasteiger charge is -2.58. The van der Waals surface area contributed by atoms with E-state index in [4.69, 9.17) is 16.3 Å². The van der Waals surface area contributed by atoms with Crippen molar-refractivity contribution in [3.05, 3.63) is 40.4 Å². The van der Waals surface area contributed by atoms with Gasteiger partial charge in [-0.05, 0) is 64.4 Å². The molecule has 7 nitrogen and oxygen atoms in total. The normalized spacial score (nSPS) is 20.8. The zero-order valence-electron chi connectivity index (χ0n) is 18.0. The molecule has 160 valence electrons. The van der Waals surface area contributed by atoms with E-state index in [-0.39, 0.29) is 11.5 Å². The van der Waals surface area contributed by atoms with Crippen molar-refractivity contribution in [2.45, 2.75) is 58.2 Å². The highest BCUT2D eigenvalue weighted by Crippen LogP contribution is 2.56. The van der Waals surface area contributed by atoms with E-state index in [1.165, 1.54) is 5.56 Å². The van der Waals surface area contributed by atoms with Gasteiger partial charge in [0.15, 0.2) is 5.82 Å². The summed E-state index contributed by atoms with van der Waals surface area (Å²) in [6.45, 7) is 8.84.